The van der Waals surface area contributed by atoms with Crippen LogP contribution in [0.2, 0.25) is 0 Å². The molecule has 1 aromatic heterocycles. The molecule has 5 aromatic rings. The van der Waals surface area contributed by atoms with Crippen molar-refractivity contribution in [2.24, 2.45) is 0 Å². The first-order chi connectivity index (χ1) is 15.7. The number of nitrogens with zero attached hydrogens (tertiary/aromatic N) is 2. The van der Waals surface area contributed by atoms with Crippen LogP contribution in [0, 0.1) is 0 Å². The molecule has 0 fully saturated rings. The van der Waals surface area contributed by atoms with Crippen LogP contribution in [0.5, 0.6) is 11.5 Å². The second-order valence-electron chi connectivity index (χ2n) is 7.44. The molecule has 0 amide bonds. The summed E-state index contributed by atoms with van der Waals surface area (Å²) < 4.78 is 7.54. The standard InChI is InChI=1S/C28H22N2O2/c1-32-25-18-14-23(15-19-25)30-27(21-10-6-3-7-11-21)26(20-8-4-2-5-9-20)29-28(30)22-12-16-24(31)17-13-22/h2-19,31H,1H3. The SMILES string of the molecule is COc1ccc(-n2c(-c3ccc(O)cc3)nc(-c3ccccc3)c2-c2ccccc2)cc1. The number of benzene rings is 4. The summed E-state index contributed by atoms with van der Waals surface area (Å²) in [6, 6.07) is 35.6. The molecule has 4 nitrogen and oxygen atoms in total. The summed E-state index contributed by atoms with van der Waals surface area (Å²) in [4.78, 5) is 5.13. The monoisotopic (exact) mass is 418 g/mol. The van der Waals surface area contributed by atoms with Gasteiger partial charge >= 0.3 is 0 Å². The highest BCUT2D eigenvalue weighted by molar-refractivity contribution is 5.84. The Bertz CT molecular complexity index is 1320. The topological polar surface area (TPSA) is 47.3 Å². The predicted octanol–water partition coefficient (Wildman–Crippen LogP) is 6.59. The summed E-state index contributed by atoms with van der Waals surface area (Å²) in [7, 11) is 1.66. The number of hydrogen-bond acceptors (Lipinski definition) is 3. The number of imidazole rings is 1. The molecule has 156 valence electrons. The van der Waals surface area contributed by atoms with Crippen molar-refractivity contribution in [2.75, 3.05) is 7.11 Å². The van der Waals surface area contributed by atoms with Crippen molar-refractivity contribution >= 4 is 0 Å². The molecule has 4 heteroatoms. The average molecular weight is 418 g/mol. The number of aromatic hydroxyl groups is 1. The average Bonchev–Trinajstić information content (AvgIpc) is 3.26. The van der Waals surface area contributed by atoms with Gasteiger partial charge in [-0.15, -0.1) is 0 Å². The normalized spacial score (nSPS) is 10.8. The van der Waals surface area contributed by atoms with Crippen LogP contribution in [0.15, 0.2) is 109 Å². The van der Waals surface area contributed by atoms with Crippen molar-refractivity contribution < 1.29 is 9.84 Å². The van der Waals surface area contributed by atoms with Gasteiger partial charge in [-0.1, -0.05) is 60.7 Å². The zero-order valence-corrected chi connectivity index (χ0v) is 17.6. The van der Waals surface area contributed by atoms with Crippen molar-refractivity contribution in [1.82, 2.24) is 9.55 Å². The maximum absolute atomic E-state index is 9.82. The third-order valence-electron chi connectivity index (χ3n) is 5.43. The first kappa shape index (κ1) is 19.6. The van der Waals surface area contributed by atoms with Crippen molar-refractivity contribution in [3.8, 4) is 51.1 Å². The molecule has 0 aliphatic carbocycles. The Morgan fingerprint density at radius 1 is 0.656 bits per heavy atom. The van der Waals surface area contributed by atoms with Crippen LogP contribution in [0.3, 0.4) is 0 Å². The number of phenolic OH excluding ortho intramolecular Hbond substituents is 1. The van der Waals surface area contributed by atoms with Gasteiger partial charge in [0.25, 0.3) is 0 Å². The number of aromatic nitrogens is 2. The molecule has 0 aliphatic rings. The van der Waals surface area contributed by atoms with Gasteiger partial charge in [0.1, 0.15) is 17.3 Å². The Hall–Kier alpha value is -4.31. The smallest absolute Gasteiger partial charge is 0.145 e. The first-order valence-electron chi connectivity index (χ1n) is 10.4. The van der Waals surface area contributed by atoms with E-state index in [1.54, 1.807) is 19.2 Å². The second-order valence-corrected chi connectivity index (χ2v) is 7.44. The van der Waals surface area contributed by atoms with E-state index in [0.29, 0.717) is 0 Å². The fourth-order valence-corrected chi connectivity index (χ4v) is 3.87. The van der Waals surface area contributed by atoms with Gasteiger partial charge in [0.05, 0.1) is 18.5 Å². The summed E-state index contributed by atoms with van der Waals surface area (Å²) in [6.07, 6.45) is 0. The Morgan fingerprint density at radius 3 is 1.84 bits per heavy atom. The van der Waals surface area contributed by atoms with E-state index in [1.807, 2.05) is 72.8 Å². The zero-order valence-electron chi connectivity index (χ0n) is 17.6. The van der Waals surface area contributed by atoms with Crippen molar-refractivity contribution in [3.05, 3.63) is 109 Å². The van der Waals surface area contributed by atoms with E-state index in [2.05, 4.69) is 28.8 Å². The molecule has 0 radical (unpaired) electrons. The number of rotatable bonds is 5. The lowest BCUT2D eigenvalue weighted by Crippen LogP contribution is -2.00. The minimum atomic E-state index is 0.225. The maximum Gasteiger partial charge on any atom is 0.145 e. The van der Waals surface area contributed by atoms with E-state index in [-0.39, 0.29) is 5.75 Å². The molecule has 4 aromatic carbocycles. The lowest BCUT2D eigenvalue weighted by atomic mass is 10.0. The maximum atomic E-state index is 9.82. The van der Waals surface area contributed by atoms with Crippen LogP contribution < -0.4 is 4.74 Å². The molecule has 1 heterocycles. The van der Waals surface area contributed by atoms with Crippen LogP contribution >= 0.6 is 0 Å². The fourth-order valence-electron chi connectivity index (χ4n) is 3.87. The fraction of sp³-hybridized carbons (Fsp3) is 0.0357. The van der Waals surface area contributed by atoms with Gasteiger partial charge in [0.15, 0.2) is 0 Å². The molecular weight excluding hydrogens is 396 g/mol. The Kier molecular flexibility index (Phi) is 5.18. The molecular formula is C28H22N2O2. The molecule has 0 spiro atoms. The van der Waals surface area contributed by atoms with Gasteiger partial charge in [-0.3, -0.25) is 4.57 Å². The van der Waals surface area contributed by atoms with Crippen LogP contribution in [-0.4, -0.2) is 21.8 Å². The van der Waals surface area contributed by atoms with Crippen LogP contribution in [0.1, 0.15) is 0 Å². The molecule has 0 saturated carbocycles. The van der Waals surface area contributed by atoms with Gasteiger partial charge in [-0.05, 0) is 48.5 Å². The van der Waals surface area contributed by atoms with Crippen molar-refractivity contribution in [3.63, 3.8) is 0 Å². The minimum Gasteiger partial charge on any atom is -0.508 e. The molecule has 0 aliphatic heterocycles. The number of phenols is 1. The summed E-state index contributed by atoms with van der Waals surface area (Å²) in [5.74, 6) is 1.82. The van der Waals surface area contributed by atoms with E-state index in [1.165, 1.54) is 0 Å². The largest absolute Gasteiger partial charge is 0.508 e. The van der Waals surface area contributed by atoms with Crippen LogP contribution in [0.25, 0.3) is 39.6 Å². The van der Waals surface area contributed by atoms with Gasteiger partial charge in [0, 0.05) is 22.4 Å². The highest BCUT2D eigenvalue weighted by Crippen LogP contribution is 2.39. The lowest BCUT2D eigenvalue weighted by Gasteiger charge is -2.14. The Morgan fingerprint density at radius 2 is 1.25 bits per heavy atom. The number of hydrogen-bond donors (Lipinski definition) is 1. The van der Waals surface area contributed by atoms with Gasteiger partial charge in [-0.25, -0.2) is 4.98 Å². The highest BCUT2D eigenvalue weighted by Gasteiger charge is 2.22. The molecule has 5 rings (SSSR count). The van der Waals surface area contributed by atoms with Gasteiger partial charge in [-0.2, -0.15) is 0 Å². The Labute approximate surface area is 187 Å². The summed E-state index contributed by atoms with van der Waals surface area (Å²) in [6.45, 7) is 0. The molecule has 1 N–H and O–H groups in total. The highest BCUT2D eigenvalue weighted by atomic mass is 16.5. The lowest BCUT2D eigenvalue weighted by molar-refractivity contribution is 0.415. The predicted molar refractivity (Wildman–Crippen MR) is 128 cm³/mol. The summed E-state index contributed by atoms with van der Waals surface area (Å²) in [5.41, 5.74) is 5.90. The third-order valence-corrected chi connectivity index (χ3v) is 5.43. The van der Waals surface area contributed by atoms with E-state index in [0.717, 1.165) is 45.3 Å². The van der Waals surface area contributed by atoms with E-state index < -0.39 is 0 Å². The van der Waals surface area contributed by atoms with Crippen LogP contribution in [0.4, 0.5) is 0 Å². The third kappa shape index (κ3) is 3.63. The number of methoxy groups -OCH3 is 1. The van der Waals surface area contributed by atoms with Crippen molar-refractivity contribution in [1.29, 1.82) is 0 Å². The number of ether oxygens (including phenoxy) is 1. The molecule has 0 saturated heterocycles. The van der Waals surface area contributed by atoms with Crippen LogP contribution in [-0.2, 0) is 0 Å². The van der Waals surface area contributed by atoms with E-state index >= 15 is 0 Å². The summed E-state index contributed by atoms with van der Waals surface area (Å²) in [5, 5.41) is 9.82. The zero-order chi connectivity index (χ0) is 21.9. The van der Waals surface area contributed by atoms with E-state index in [9.17, 15) is 5.11 Å². The molecule has 0 atom stereocenters. The second kappa shape index (κ2) is 8.44. The summed E-state index contributed by atoms with van der Waals surface area (Å²) >= 11 is 0. The van der Waals surface area contributed by atoms with E-state index in [4.69, 9.17) is 9.72 Å². The van der Waals surface area contributed by atoms with Gasteiger partial charge in [0.2, 0.25) is 0 Å². The quantitative estimate of drug-likeness (QED) is 0.350. The minimum absolute atomic E-state index is 0.225. The molecule has 0 bridgehead atoms. The first-order valence-corrected chi connectivity index (χ1v) is 10.4. The molecule has 0 unspecified atom stereocenters. The molecule has 32 heavy (non-hydrogen) atoms. The van der Waals surface area contributed by atoms with Crippen molar-refractivity contribution in [2.45, 2.75) is 0 Å². The Balaban J connectivity index is 1.85. The van der Waals surface area contributed by atoms with Gasteiger partial charge < -0.3 is 9.84 Å².